The van der Waals surface area contributed by atoms with Crippen LogP contribution in [0.3, 0.4) is 0 Å². The molecule has 0 spiro atoms. The molecule has 8 heteroatoms. The van der Waals surface area contributed by atoms with E-state index in [1.54, 1.807) is 0 Å². The fraction of sp³-hybridized carbons (Fsp3) is 1.00. The van der Waals surface area contributed by atoms with Crippen LogP contribution >= 0.6 is 11.6 Å². The molecule has 2 saturated carbocycles. The average Bonchev–Trinajstić information content (AvgIpc) is 2.48. The van der Waals surface area contributed by atoms with Crippen LogP contribution in [0.5, 0.6) is 0 Å². The van der Waals surface area contributed by atoms with E-state index < -0.39 is 40.8 Å². The van der Waals surface area contributed by atoms with E-state index >= 15 is 0 Å². The molecule has 0 aromatic heterocycles. The lowest BCUT2D eigenvalue weighted by molar-refractivity contribution is -0.469. The van der Waals surface area contributed by atoms with Gasteiger partial charge in [-0.05, 0) is 25.2 Å². The molecule has 4 atom stereocenters. The first-order chi connectivity index (χ1) is 8.03. The predicted molar refractivity (Wildman–Crippen MR) is 49.1 cm³/mol. The number of ether oxygens (including phenoxy) is 1. The Morgan fingerprint density at radius 1 is 1.06 bits per heavy atom. The Morgan fingerprint density at radius 2 is 1.61 bits per heavy atom. The maximum Gasteiger partial charge on any atom is 0.426 e. The molecule has 1 saturated heterocycles. The number of halogens is 7. The van der Waals surface area contributed by atoms with Crippen LogP contribution in [-0.2, 0) is 4.74 Å². The molecule has 1 nitrogen and oxygen atoms in total. The van der Waals surface area contributed by atoms with E-state index in [4.69, 9.17) is 11.6 Å². The van der Waals surface area contributed by atoms with Crippen LogP contribution in [0.1, 0.15) is 19.3 Å². The van der Waals surface area contributed by atoms with Crippen LogP contribution in [0.4, 0.5) is 26.3 Å². The zero-order chi connectivity index (χ0) is 13.6. The van der Waals surface area contributed by atoms with Gasteiger partial charge in [-0.2, -0.15) is 26.3 Å². The summed E-state index contributed by atoms with van der Waals surface area (Å²) < 4.78 is 81.4. The number of hydrogen-bond acceptors (Lipinski definition) is 1. The van der Waals surface area contributed by atoms with Crippen LogP contribution in [0.2, 0.25) is 0 Å². The first-order valence-electron chi connectivity index (χ1n) is 5.53. The minimum absolute atomic E-state index is 0.178. The minimum Gasteiger partial charge on any atom is -0.352 e. The lowest BCUT2D eigenvalue weighted by Gasteiger charge is -2.58. The van der Waals surface area contributed by atoms with E-state index in [0.717, 1.165) is 0 Å². The second kappa shape index (κ2) is 3.11. The van der Waals surface area contributed by atoms with Crippen molar-refractivity contribution in [1.82, 2.24) is 0 Å². The van der Waals surface area contributed by atoms with Crippen LogP contribution in [-0.4, -0.2) is 28.9 Å². The second-order valence-electron chi connectivity index (χ2n) is 5.33. The fourth-order valence-electron chi connectivity index (χ4n) is 3.80. The molecule has 3 aliphatic rings. The molecule has 2 bridgehead atoms. The van der Waals surface area contributed by atoms with Gasteiger partial charge in [0.15, 0.2) is 0 Å². The third-order valence-electron chi connectivity index (χ3n) is 4.50. The highest BCUT2D eigenvalue weighted by molar-refractivity contribution is 6.25. The molecule has 0 aromatic rings. The topological polar surface area (TPSA) is 9.23 Å². The second-order valence-corrected chi connectivity index (χ2v) is 6.09. The van der Waals surface area contributed by atoms with Gasteiger partial charge in [0.1, 0.15) is 0 Å². The highest BCUT2D eigenvalue weighted by Gasteiger charge is 2.88. The van der Waals surface area contributed by atoms with Gasteiger partial charge in [-0.25, -0.2) is 0 Å². The van der Waals surface area contributed by atoms with Crippen molar-refractivity contribution in [3.63, 3.8) is 0 Å². The van der Waals surface area contributed by atoms with Gasteiger partial charge in [-0.15, -0.1) is 11.6 Å². The van der Waals surface area contributed by atoms with Gasteiger partial charge in [0.2, 0.25) is 0 Å². The largest absolute Gasteiger partial charge is 0.426 e. The van der Waals surface area contributed by atoms with Gasteiger partial charge in [-0.3, -0.25) is 0 Å². The molecule has 0 aromatic carbocycles. The minimum atomic E-state index is -5.45. The van der Waals surface area contributed by atoms with E-state index in [1.807, 2.05) is 0 Å². The highest BCUT2D eigenvalue weighted by atomic mass is 35.5. The standard InChI is InChI=1S/C10H9ClF6O/c11-7-2-1-4(3-7)5-6(7)18-8(5,9(12,13)14)10(15,16)17/h4-6H,1-3H2. The van der Waals surface area contributed by atoms with Gasteiger partial charge in [0, 0.05) is 5.92 Å². The third kappa shape index (κ3) is 1.20. The predicted octanol–water partition coefficient (Wildman–Crippen LogP) is 3.66. The monoisotopic (exact) mass is 294 g/mol. The fourth-order valence-corrected chi connectivity index (χ4v) is 4.29. The summed E-state index contributed by atoms with van der Waals surface area (Å²) >= 11 is 6.06. The van der Waals surface area contributed by atoms with Crippen LogP contribution in [0.25, 0.3) is 0 Å². The summed E-state index contributed by atoms with van der Waals surface area (Å²) in [5.41, 5.74) is -4.01. The van der Waals surface area contributed by atoms with Crippen molar-refractivity contribution in [3.8, 4) is 0 Å². The lowest BCUT2D eigenvalue weighted by atomic mass is 9.68. The smallest absolute Gasteiger partial charge is 0.352 e. The Bertz CT molecular complexity index is 377. The Hall–Kier alpha value is -0.170. The van der Waals surface area contributed by atoms with Crippen molar-refractivity contribution in [3.05, 3.63) is 0 Å². The Morgan fingerprint density at radius 3 is 2.06 bits per heavy atom. The van der Waals surface area contributed by atoms with Crippen molar-refractivity contribution < 1.29 is 31.1 Å². The Kier molecular flexibility index (Phi) is 2.22. The lowest BCUT2D eigenvalue weighted by Crippen LogP contribution is -2.77. The van der Waals surface area contributed by atoms with Crippen molar-refractivity contribution in [2.24, 2.45) is 11.8 Å². The first kappa shape index (κ1) is 12.8. The maximum atomic E-state index is 12.9. The summed E-state index contributed by atoms with van der Waals surface area (Å²) in [4.78, 5) is -1.03. The number of hydrogen-bond donors (Lipinski definition) is 0. The van der Waals surface area contributed by atoms with Gasteiger partial charge in [0.25, 0.3) is 5.60 Å². The molecule has 18 heavy (non-hydrogen) atoms. The van der Waals surface area contributed by atoms with Gasteiger partial charge >= 0.3 is 12.4 Å². The SMILES string of the molecule is FC(F)(F)C1(C(F)(F)F)OC2C1C1CCC2(Cl)C1. The summed E-state index contributed by atoms with van der Waals surface area (Å²) in [6.45, 7) is 0. The normalized spacial score (nSPS) is 45.8. The van der Waals surface area contributed by atoms with E-state index in [9.17, 15) is 26.3 Å². The van der Waals surface area contributed by atoms with Crippen LogP contribution in [0.15, 0.2) is 0 Å². The molecule has 1 aliphatic heterocycles. The van der Waals surface area contributed by atoms with Crippen molar-refractivity contribution >= 4 is 11.6 Å². The number of rotatable bonds is 0. The Labute approximate surface area is 103 Å². The van der Waals surface area contributed by atoms with E-state index in [-0.39, 0.29) is 6.42 Å². The van der Waals surface area contributed by atoms with Crippen molar-refractivity contribution in [1.29, 1.82) is 0 Å². The first-order valence-corrected chi connectivity index (χ1v) is 5.91. The molecule has 1 heterocycles. The van der Waals surface area contributed by atoms with E-state index in [2.05, 4.69) is 4.74 Å². The van der Waals surface area contributed by atoms with Crippen LogP contribution in [0, 0.1) is 11.8 Å². The molecular formula is C10H9ClF6O. The average molecular weight is 295 g/mol. The number of alkyl halides is 7. The van der Waals surface area contributed by atoms with Gasteiger partial charge in [0.05, 0.1) is 11.0 Å². The summed E-state index contributed by atoms with van der Waals surface area (Å²) in [5, 5.41) is 0. The van der Waals surface area contributed by atoms with Crippen molar-refractivity contribution in [2.75, 3.05) is 0 Å². The Balaban J connectivity index is 2.03. The molecule has 2 aliphatic carbocycles. The molecule has 4 unspecified atom stereocenters. The molecule has 0 amide bonds. The summed E-state index contributed by atoms with van der Waals surface area (Å²) in [5.74, 6) is -2.23. The number of fused-ring (bicyclic) bond motifs is 5. The quantitative estimate of drug-likeness (QED) is 0.489. The third-order valence-corrected chi connectivity index (χ3v) is 5.06. The molecule has 0 radical (unpaired) electrons. The zero-order valence-electron chi connectivity index (χ0n) is 8.91. The van der Waals surface area contributed by atoms with Crippen molar-refractivity contribution in [2.45, 2.75) is 48.2 Å². The summed E-state index contributed by atoms with van der Waals surface area (Å²) in [6.07, 6.45) is -11.1. The van der Waals surface area contributed by atoms with Crippen LogP contribution < -0.4 is 0 Å². The molecular weight excluding hydrogens is 286 g/mol. The molecule has 3 fully saturated rings. The maximum absolute atomic E-state index is 12.9. The molecule has 0 N–H and O–H groups in total. The summed E-state index contributed by atoms with van der Waals surface area (Å²) in [7, 11) is 0. The highest BCUT2D eigenvalue weighted by Crippen LogP contribution is 2.71. The zero-order valence-corrected chi connectivity index (χ0v) is 9.66. The van der Waals surface area contributed by atoms with Gasteiger partial charge < -0.3 is 4.74 Å². The summed E-state index contributed by atoms with van der Waals surface area (Å²) in [6, 6.07) is 0. The van der Waals surface area contributed by atoms with E-state index in [1.165, 1.54) is 0 Å². The van der Waals surface area contributed by atoms with Gasteiger partial charge in [-0.1, -0.05) is 0 Å². The molecule has 3 rings (SSSR count). The molecule has 104 valence electrons. The van der Waals surface area contributed by atoms with E-state index in [0.29, 0.717) is 12.8 Å².